The summed E-state index contributed by atoms with van der Waals surface area (Å²) in [5.74, 6) is -0.515. The monoisotopic (exact) mass is 369 g/mol. The van der Waals surface area contributed by atoms with E-state index in [0.29, 0.717) is 29.9 Å². The Balaban J connectivity index is 1.98. The molecule has 1 atom stereocenters. The number of carbonyl (C=O) groups is 1. The van der Waals surface area contributed by atoms with Crippen LogP contribution < -0.4 is 10.9 Å². The molecule has 0 unspecified atom stereocenters. The lowest BCUT2D eigenvalue weighted by Gasteiger charge is -2.19. The second kappa shape index (κ2) is 8.09. The molecule has 0 saturated heterocycles. The minimum Gasteiger partial charge on any atom is -0.383 e. The van der Waals surface area contributed by atoms with Gasteiger partial charge >= 0.3 is 0 Å². The Labute approximate surface area is 155 Å². The summed E-state index contributed by atoms with van der Waals surface area (Å²) in [7, 11) is 1.55. The van der Waals surface area contributed by atoms with Crippen LogP contribution in [0.25, 0.3) is 10.9 Å². The number of nitrogens with one attached hydrogen (secondary N) is 1. The summed E-state index contributed by atoms with van der Waals surface area (Å²) < 4.78 is 20.0. The first-order chi connectivity index (χ1) is 13.0. The number of fused-ring (bicyclic) bond motifs is 1. The van der Waals surface area contributed by atoms with Crippen LogP contribution in [-0.2, 0) is 11.3 Å². The minimum absolute atomic E-state index is 0.195. The quantitative estimate of drug-likeness (QED) is 0.725. The van der Waals surface area contributed by atoms with E-state index in [0.717, 1.165) is 6.07 Å². The van der Waals surface area contributed by atoms with Crippen LogP contribution in [0.1, 0.15) is 29.1 Å². The van der Waals surface area contributed by atoms with E-state index in [4.69, 9.17) is 4.74 Å². The summed E-state index contributed by atoms with van der Waals surface area (Å²) in [6.45, 7) is 2.37. The zero-order valence-electron chi connectivity index (χ0n) is 15.1. The van der Waals surface area contributed by atoms with Crippen molar-refractivity contribution in [2.24, 2.45) is 0 Å². The van der Waals surface area contributed by atoms with Crippen molar-refractivity contribution in [3.8, 4) is 0 Å². The van der Waals surface area contributed by atoms with Crippen molar-refractivity contribution in [3.63, 3.8) is 0 Å². The second-order valence-electron chi connectivity index (χ2n) is 6.14. The Bertz CT molecular complexity index is 1030. The maximum atomic E-state index is 13.4. The fourth-order valence-electron chi connectivity index (χ4n) is 2.89. The molecule has 0 saturated carbocycles. The Morgan fingerprint density at radius 3 is 2.78 bits per heavy atom. The van der Waals surface area contributed by atoms with E-state index in [1.807, 2.05) is 0 Å². The molecular formula is C20H20FN3O3. The highest BCUT2D eigenvalue weighted by Crippen LogP contribution is 2.15. The molecule has 0 fully saturated rings. The minimum atomic E-state index is -0.560. The lowest BCUT2D eigenvalue weighted by atomic mass is 10.1. The predicted octanol–water partition coefficient (Wildman–Crippen LogP) is 2.67. The molecule has 2 aromatic carbocycles. The fraction of sp³-hybridized carbons (Fsp3) is 0.250. The van der Waals surface area contributed by atoms with E-state index in [1.54, 1.807) is 38.3 Å². The molecule has 27 heavy (non-hydrogen) atoms. The molecule has 0 aliphatic rings. The summed E-state index contributed by atoms with van der Waals surface area (Å²) in [5.41, 5.74) is 0.561. The highest BCUT2D eigenvalue weighted by molar-refractivity contribution is 5.94. The highest BCUT2D eigenvalue weighted by Gasteiger charge is 2.19. The van der Waals surface area contributed by atoms with Gasteiger partial charge in [0.05, 0.1) is 30.1 Å². The van der Waals surface area contributed by atoms with Crippen molar-refractivity contribution in [2.75, 3.05) is 13.7 Å². The molecule has 0 radical (unpaired) electrons. The van der Waals surface area contributed by atoms with Crippen molar-refractivity contribution in [3.05, 3.63) is 76.1 Å². The molecular weight excluding hydrogens is 349 g/mol. The largest absolute Gasteiger partial charge is 0.383 e. The first-order valence-electron chi connectivity index (χ1n) is 8.56. The second-order valence-corrected chi connectivity index (χ2v) is 6.14. The maximum Gasteiger partial charge on any atom is 0.261 e. The molecule has 0 bridgehead atoms. The summed E-state index contributed by atoms with van der Waals surface area (Å²) >= 11 is 0. The maximum absolute atomic E-state index is 13.4. The van der Waals surface area contributed by atoms with Crippen LogP contribution in [0.2, 0.25) is 0 Å². The fourth-order valence-corrected chi connectivity index (χ4v) is 2.89. The third-order valence-electron chi connectivity index (χ3n) is 4.23. The van der Waals surface area contributed by atoms with Gasteiger partial charge in [-0.15, -0.1) is 0 Å². The Morgan fingerprint density at radius 1 is 1.26 bits per heavy atom. The summed E-state index contributed by atoms with van der Waals surface area (Å²) in [4.78, 5) is 29.9. The van der Waals surface area contributed by atoms with Crippen molar-refractivity contribution in [1.29, 1.82) is 0 Å². The summed E-state index contributed by atoms with van der Waals surface area (Å²) in [6.07, 6.45) is 0. The number of aromatic nitrogens is 2. The highest BCUT2D eigenvalue weighted by atomic mass is 19.1. The van der Waals surface area contributed by atoms with Crippen molar-refractivity contribution in [2.45, 2.75) is 19.5 Å². The molecule has 0 aliphatic heterocycles. The molecule has 0 aliphatic carbocycles. The van der Waals surface area contributed by atoms with Gasteiger partial charge in [0.1, 0.15) is 11.6 Å². The van der Waals surface area contributed by atoms with E-state index in [1.165, 1.54) is 22.8 Å². The third kappa shape index (κ3) is 4.03. The van der Waals surface area contributed by atoms with Crippen LogP contribution in [0.4, 0.5) is 4.39 Å². The van der Waals surface area contributed by atoms with Gasteiger partial charge in [-0.05, 0) is 37.3 Å². The number of hydrogen-bond acceptors (Lipinski definition) is 4. The Morgan fingerprint density at radius 2 is 2.04 bits per heavy atom. The van der Waals surface area contributed by atoms with Crippen LogP contribution in [0.5, 0.6) is 0 Å². The lowest BCUT2D eigenvalue weighted by Crippen LogP contribution is -2.34. The first-order valence-corrected chi connectivity index (χ1v) is 8.56. The van der Waals surface area contributed by atoms with E-state index >= 15 is 0 Å². The van der Waals surface area contributed by atoms with Crippen molar-refractivity contribution >= 4 is 16.8 Å². The number of nitrogens with zero attached hydrogens (tertiary/aromatic N) is 2. The molecule has 140 valence electrons. The smallest absolute Gasteiger partial charge is 0.261 e. The number of carbonyl (C=O) groups excluding carboxylic acids is 1. The average Bonchev–Trinajstić information content (AvgIpc) is 2.67. The van der Waals surface area contributed by atoms with Gasteiger partial charge in [-0.1, -0.05) is 18.2 Å². The Kier molecular flexibility index (Phi) is 5.61. The first kappa shape index (κ1) is 18.7. The summed E-state index contributed by atoms with van der Waals surface area (Å²) in [5, 5.41) is 3.28. The van der Waals surface area contributed by atoms with Crippen LogP contribution in [0, 0.1) is 5.82 Å². The third-order valence-corrected chi connectivity index (χ3v) is 4.23. The van der Waals surface area contributed by atoms with Gasteiger partial charge in [0.25, 0.3) is 11.5 Å². The van der Waals surface area contributed by atoms with Gasteiger partial charge in [0.15, 0.2) is 0 Å². The lowest BCUT2D eigenvalue weighted by molar-refractivity contribution is 0.0936. The van der Waals surface area contributed by atoms with E-state index in [-0.39, 0.29) is 11.1 Å². The van der Waals surface area contributed by atoms with Crippen molar-refractivity contribution in [1.82, 2.24) is 14.9 Å². The number of benzene rings is 2. The Hall–Kier alpha value is -3.06. The molecule has 1 amide bonds. The van der Waals surface area contributed by atoms with E-state index in [2.05, 4.69) is 10.3 Å². The zero-order valence-corrected chi connectivity index (χ0v) is 15.1. The number of hydrogen-bond donors (Lipinski definition) is 1. The van der Waals surface area contributed by atoms with Gasteiger partial charge in [0, 0.05) is 12.7 Å². The van der Waals surface area contributed by atoms with Gasteiger partial charge in [-0.3, -0.25) is 14.2 Å². The number of methoxy groups -OCH3 is 1. The van der Waals surface area contributed by atoms with Crippen LogP contribution in [0.3, 0.4) is 0 Å². The number of rotatable bonds is 6. The number of para-hydroxylation sites is 1. The molecule has 1 aromatic heterocycles. The molecule has 0 spiro atoms. The molecule has 7 heteroatoms. The summed E-state index contributed by atoms with van der Waals surface area (Å²) in [6, 6.07) is 11.9. The topological polar surface area (TPSA) is 73.2 Å². The SMILES string of the molecule is COCCn1c([C@H](C)NC(=O)c2cccc(F)c2)nc2ccccc2c1=O. The van der Waals surface area contributed by atoms with E-state index in [9.17, 15) is 14.0 Å². The van der Waals surface area contributed by atoms with Crippen LogP contribution in [0.15, 0.2) is 53.3 Å². The van der Waals surface area contributed by atoms with Crippen LogP contribution >= 0.6 is 0 Å². The molecule has 6 nitrogen and oxygen atoms in total. The number of amides is 1. The molecule has 3 aromatic rings. The van der Waals surface area contributed by atoms with Crippen LogP contribution in [-0.4, -0.2) is 29.2 Å². The van der Waals surface area contributed by atoms with Gasteiger partial charge in [-0.25, -0.2) is 9.37 Å². The van der Waals surface area contributed by atoms with E-state index < -0.39 is 17.8 Å². The number of ether oxygens (including phenoxy) is 1. The number of halogens is 1. The standard InChI is InChI=1S/C20H20FN3O3/c1-13(22-19(25)14-6-5-7-15(21)12-14)18-23-17-9-4-3-8-16(17)20(26)24(18)10-11-27-2/h3-9,12-13H,10-11H2,1-2H3,(H,22,25)/t13-/m0/s1. The average molecular weight is 369 g/mol. The van der Waals surface area contributed by atoms with Gasteiger partial charge in [-0.2, -0.15) is 0 Å². The molecule has 1 N–H and O–H groups in total. The zero-order chi connectivity index (χ0) is 19.4. The predicted molar refractivity (Wildman–Crippen MR) is 100 cm³/mol. The molecule has 3 rings (SSSR count). The van der Waals surface area contributed by atoms with Crippen molar-refractivity contribution < 1.29 is 13.9 Å². The molecule has 1 heterocycles. The normalized spacial score (nSPS) is 12.1. The van der Waals surface area contributed by atoms with Gasteiger partial charge in [0.2, 0.25) is 0 Å². The van der Waals surface area contributed by atoms with Gasteiger partial charge < -0.3 is 10.1 Å².